The minimum atomic E-state index is -4.43. The zero-order valence-electron chi connectivity index (χ0n) is 7.03. The smallest absolute Gasteiger partial charge is 0.332 e. The Balaban J connectivity index is 2.80. The number of hydrogen-bond acceptors (Lipinski definition) is 5. The number of ether oxygens (including phenoxy) is 1. The lowest BCUT2D eigenvalue weighted by Crippen LogP contribution is -2.47. The predicted octanol–water partition coefficient (Wildman–Crippen LogP) is -1.52. The maximum Gasteiger partial charge on any atom is 0.332 e. The van der Waals surface area contributed by atoms with Gasteiger partial charge in [0.25, 0.3) is 10.1 Å². The van der Waals surface area contributed by atoms with Gasteiger partial charge in [0.15, 0.2) is 6.10 Å². The van der Waals surface area contributed by atoms with E-state index in [4.69, 9.17) is 14.8 Å². The van der Waals surface area contributed by atoms with Gasteiger partial charge in [-0.2, -0.15) is 8.42 Å². The molecule has 0 bridgehead atoms. The van der Waals surface area contributed by atoms with Gasteiger partial charge in [-0.1, -0.05) is 0 Å². The van der Waals surface area contributed by atoms with Crippen LogP contribution in [0.2, 0.25) is 0 Å². The van der Waals surface area contributed by atoms with Crippen molar-refractivity contribution in [2.24, 2.45) is 0 Å². The van der Waals surface area contributed by atoms with Crippen LogP contribution in [0.15, 0.2) is 0 Å². The van der Waals surface area contributed by atoms with Crippen LogP contribution in [-0.2, 0) is 19.6 Å². The molecule has 0 aromatic carbocycles. The summed E-state index contributed by atoms with van der Waals surface area (Å²) in [6.07, 6.45) is -3.14. The Kier molecular flexibility index (Phi) is 3.10. The van der Waals surface area contributed by atoms with E-state index in [9.17, 15) is 13.2 Å². The van der Waals surface area contributed by atoms with Crippen molar-refractivity contribution in [1.82, 2.24) is 0 Å². The van der Waals surface area contributed by atoms with Crippen LogP contribution in [0.3, 0.4) is 0 Å². The van der Waals surface area contributed by atoms with E-state index in [0.717, 1.165) is 0 Å². The molecule has 0 amide bonds. The highest BCUT2D eigenvalue weighted by Gasteiger charge is 2.40. The summed E-state index contributed by atoms with van der Waals surface area (Å²) in [6.45, 7) is -0.415. The van der Waals surface area contributed by atoms with Crippen LogP contribution in [0.5, 0.6) is 0 Å². The van der Waals surface area contributed by atoms with Gasteiger partial charge in [-0.05, 0) is 0 Å². The highest BCUT2D eigenvalue weighted by Crippen LogP contribution is 2.20. The molecular weight excluding hydrogens is 216 g/mol. The van der Waals surface area contributed by atoms with Crippen molar-refractivity contribution < 1.29 is 32.7 Å². The first-order valence-electron chi connectivity index (χ1n) is 3.81. The molecule has 3 N–H and O–H groups in total. The Morgan fingerprint density at radius 1 is 1.43 bits per heavy atom. The van der Waals surface area contributed by atoms with Gasteiger partial charge >= 0.3 is 5.97 Å². The molecule has 8 heteroatoms. The lowest BCUT2D eigenvalue weighted by molar-refractivity contribution is -0.157. The van der Waals surface area contributed by atoms with Gasteiger partial charge in [-0.15, -0.1) is 0 Å². The summed E-state index contributed by atoms with van der Waals surface area (Å²) < 4.78 is 34.8. The number of rotatable bonds is 2. The quantitative estimate of drug-likeness (QED) is 0.489. The van der Waals surface area contributed by atoms with E-state index >= 15 is 0 Å². The molecule has 14 heavy (non-hydrogen) atoms. The molecule has 0 saturated carbocycles. The standard InChI is InChI=1S/C6H10O7S/c7-3-2-13-4(6(8)9)1-5(3)14(10,11)12/h3-5,7H,1-2H2,(H,8,9)(H,10,11,12)/t3?,4?,5-/m1/s1. The lowest BCUT2D eigenvalue weighted by Gasteiger charge is -2.29. The molecular formula is C6H10O7S. The molecule has 0 aromatic rings. The third kappa shape index (κ3) is 2.41. The fraction of sp³-hybridized carbons (Fsp3) is 0.833. The maximum absolute atomic E-state index is 10.7. The summed E-state index contributed by atoms with van der Waals surface area (Å²) >= 11 is 0. The molecule has 1 aliphatic heterocycles. The fourth-order valence-electron chi connectivity index (χ4n) is 1.25. The highest BCUT2D eigenvalue weighted by molar-refractivity contribution is 7.86. The Bertz CT molecular complexity index is 321. The van der Waals surface area contributed by atoms with E-state index in [1.165, 1.54) is 0 Å². The first-order valence-corrected chi connectivity index (χ1v) is 5.31. The average Bonchev–Trinajstić information content (AvgIpc) is 2.02. The third-order valence-electron chi connectivity index (χ3n) is 2.00. The number of carboxylic acid groups (broad SMARTS) is 1. The molecule has 1 heterocycles. The zero-order chi connectivity index (χ0) is 10.9. The Morgan fingerprint density at radius 2 is 2.00 bits per heavy atom. The van der Waals surface area contributed by atoms with Gasteiger partial charge in [0.05, 0.1) is 12.7 Å². The first-order chi connectivity index (χ1) is 6.32. The zero-order valence-corrected chi connectivity index (χ0v) is 7.85. The summed E-state index contributed by atoms with van der Waals surface area (Å²) in [5.41, 5.74) is 0. The monoisotopic (exact) mass is 226 g/mol. The second-order valence-electron chi connectivity index (χ2n) is 3.02. The molecule has 0 radical (unpaired) electrons. The molecule has 0 aliphatic carbocycles. The maximum atomic E-state index is 10.7. The van der Waals surface area contributed by atoms with E-state index in [-0.39, 0.29) is 0 Å². The summed E-state index contributed by atoms with van der Waals surface area (Å²) in [4.78, 5) is 10.5. The SMILES string of the molecule is O=C(O)C1C[C@@H](S(=O)(=O)O)C(O)CO1. The molecule has 1 rings (SSSR count). The number of aliphatic hydroxyl groups excluding tert-OH is 1. The number of aliphatic hydroxyl groups is 1. The average molecular weight is 226 g/mol. The second-order valence-corrected chi connectivity index (χ2v) is 4.65. The van der Waals surface area contributed by atoms with Crippen LogP contribution in [0.25, 0.3) is 0 Å². The largest absolute Gasteiger partial charge is 0.479 e. The van der Waals surface area contributed by atoms with Crippen LogP contribution >= 0.6 is 0 Å². The summed E-state index contributed by atoms with van der Waals surface area (Å²) in [5, 5.41) is 16.2. The molecule has 7 nitrogen and oxygen atoms in total. The summed E-state index contributed by atoms with van der Waals surface area (Å²) in [5.74, 6) is -1.31. The molecule has 82 valence electrons. The van der Waals surface area contributed by atoms with Crippen LogP contribution in [-0.4, -0.2) is 53.2 Å². The predicted molar refractivity (Wildman–Crippen MR) is 43.3 cm³/mol. The van der Waals surface area contributed by atoms with Gasteiger partial charge in [0, 0.05) is 6.42 Å². The summed E-state index contributed by atoms with van der Waals surface area (Å²) in [7, 11) is -4.43. The number of hydrogen-bond donors (Lipinski definition) is 3. The van der Waals surface area contributed by atoms with Crippen LogP contribution in [0.1, 0.15) is 6.42 Å². The minimum absolute atomic E-state index is 0.415. The third-order valence-corrected chi connectivity index (χ3v) is 3.27. The molecule has 3 atom stereocenters. The molecule has 1 fully saturated rings. The Hall–Kier alpha value is -0.700. The molecule has 0 aromatic heterocycles. The molecule has 2 unspecified atom stereocenters. The molecule has 1 saturated heterocycles. The Labute approximate surface area is 80.1 Å². The number of carboxylic acids is 1. The van der Waals surface area contributed by atoms with Crippen LogP contribution in [0.4, 0.5) is 0 Å². The van der Waals surface area contributed by atoms with Gasteiger partial charge in [0.2, 0.25) is 0 Å². The van der Waals surface area contributed by atoms with Crippen LogP contribution in [0, 0.1) is 0 Å². The Morgan fingerprint density at radius 3 is 2.43 bits per heavy atom. The van der Waals surface area contributed by atoms with E-state index in [1.54, 1.807) is 0 Å². The first kappa shape index (κ1) is 11.4. The number of carbonyl (C=O) groups is 1. The van der Waals surface area contributed by atoms with Crippen molar-refractivity contribution in [2.45, 2.75) is 23.9 Å². The van der Waals surface area contributed by atoms with Crippen LogP contribution < -0.4 is 0 Å². The normalized spacial score (nSPS) is 34.0. The van der Waals surface area contributed by atoms with Crippen molar-refractivity contribution >= 4 is 16.1 Å². The lowest BCUT2D eigenvalue weighted by atomic mass is 10.1. The van der Waals surface area contributed by atoms with E-state index < -0.39 is 46.6 Å². The van der Waals surface area contributed by atoms with Gasteiger partial charge in [-0.25, -0.2) is 4.79 Å². The topological polar surface area (TPSA) is 121 Å². The van der Waals surface area contributed by atoms with Crippen molar-refractivity contribution in [3.05, 3.63) is 0 Å². The summed E-state index contributed by atoms with van der Waals surface area (Å²) in [6, 6.07) is 0. The van der Waals surface area contributed by atoms with Gasteiger partial charge in [-0.3, -0.25) is 4.55 Å². The number of aliphatic carboxylic acids is 1. The van der Waals surface area contributed by atoms with Gasteiger partial charge in [0.1, 0.15) is 5.25 Å². The van der Waals surface area contributed by atoms with E-state index in [0.29, 0.717) is 0 Å². The van der Waals surface area contributed by atoms with Crippen molar-refractivity contribution in [2.75, 3.05) is 6.61 Å². The van der Waals surface area contributed by atoms with E-state index in [1.807, 2.05) is 0 Å². The second kappa shape index (κ2) is 3.81. The van der Waals surface area contributed by atoms with Crippen molar-refractivity contribution in [1.29, 1.82) is 0 Å². The van der Waals surface area contributed by atoms with E-state index in [2.05, 4.69) is 4.74 Å². The molecule has 1 aliphatic rings. The molecule has 0 spiro atoms. The van der Waals surface area contributed by atoms with Crippen molar-refractivity contribution in [3.63, 3.8) is 0 Å². The fourth-order valence-corrected chi connectivity index (χ4v) is 2.14. The van der Waals surface area contributed by atoms with Crippen molar-refractivity contribution in [3.8, 4) is 0 Å². The highest BCUT2D eigenvalue weighted by atomic mass is 32.2. The minimum Gasteiger partial charge on any atom is -0.479 e. The van der Waals surface area contributed by atoms with Gasteiger partial charge < -0.3 is 14.9 Å².